The van der Waals surface area contributed by atoms with Gasteiger partial charge in [-0.25, -0.2) is 0 Å². The molecule has 2 aliphatic carbocycles. The van der Waals surface area contributed by atoms with Gasteiger partial charge in [0.05, 0.1) is 5.41 Å². The van der Waals surface area contributed by atoms with E-state index >= 15 is 0 Å². The molecular weight excluding hydrogens is 540 g/mol. The molecule has 2 aliphatic rings. The van der Waals surface area contributed by atoms with Crippen molar-refractivity contribution in [3.05, 3.63) is 93.0 Å². The van der Waals surface area contributed by atoms with Gasteiger partial charge in [-0.2, -0.15) is 0 Å². The summed E-state index contributed by atoms with van der Waals surface area (Å²) < 4.78 is 13.0. The normalized spacial score (nSPS) is 19.4. The molecular formula is C41H46O3. The van der Waals surface area contributed by atoms with Crippen LogP contribution in [0, 0.1) is 26.7 Å². The van der Waals surface area contributed by atoms with E-state index in [9.17, 15) is 5.11 Å². The highest BCUT2D eigenvalue weighted by Crippen LogP contribution is 2.64. The van der Waals surface area contributed by atoms with Crippen molar-refractivity contribution in [3.8, 4) is 22.5 Å². The molecule has 7 rings (SSSR count). The zero-order valence-corrected chi connectivity index (χ0v) is 28.1. The smallest absolute Gasteiger partial charge is 0.202 e. The van der Waals surface area contributed by atoms with Crippen LogP contribution in [0.1, 0.15) is 98.9 Å². The maximum absolute atomic E-state index is 13.0. The number of methoxy groups -OCH3 is 1. The van der Waals surface area contributed by atoms with Crippen molar-refractivity contribution in [3.63, 3.8) is 0 Å². The quantitative estimate of drug-likeness (QED) is 0.208. The summed E-state index contributed by atoms with van der Waals surface area (Å²) in [6.45, 7) is 20.2. The highest BCUT2D eigenvalue weighted by molar-refractivity contribution is 6.03. The number of benzene rings is 4. The Morgan fingerprint density at radius 2 is 1.52 bits per heavy atom. The predicted molar refractivity (Wildman–Crippen MR) is 183 cm³/mol. The molecule has 44 heavy (non-hydrogen) atoms. The van der Waals surface area contributed by atoms with E-state index in [1.807, 2.05) is 0 Å². The molecule has 1 N–H and O–H groups in total. The predicted octanol–water partition coefficient (Wildman–Crippen LogP) is 10.5. The number of hydrogen-bond acceptors (Lipinski definition) is 3. The monoisotopic (exact) mass is 586 g/mol. The van der Waals surface area contributed by atoms with Gasteiger partial charge in [0.1, 0.15) is 11.3 Å². The number of aryl methyl sites for hydroxylation is 3. The summed E-state index contributed by atoms with van der Waals surface area (Å²) in [6.07, 6.45) is 2.53. The van der Waals surface area contributed by atoms with E-state index in [1.165, 1.54) is 60.7 Å². The van der Waals surface area contributed by atoms with Gasteiger partial charge < -0.3 is 14.3 Å². The molecule has 0 radical (unpaired) electrons. The molecule has 3 heteroatoms. The van der Waals surface area contributed by atoms with E-state index < -0.39 is 11.2 Å². The Bertz CT molecular complexity index is 2000. The largest absolute Gasteiger partial charge is 0.456 e. The van der Waals surface area contributed by atoms with Gasteiger partial charge in [-0.3, -0.25) is 0 Å². The lowest BCUT2D eigenvalue weighted by Crippen LogP contribution is -2.53. The highest BCUT2D eigenvalue weighted by Gasteiger charge is 2.58. The average molecular weight is 587 g/mol. The molecule has 1 atom stereocenters. The van der Waals surface area contributed by atoms with E-state index in [0.717, 1.165) is 47.3 Å². The van der Waals surface area contributed by atoms with Gasteiger partial charge in [-0.15, -0.1) is 0 Å². The lowest BCUT2D eigenvalue weighted by Gasteiger charge is -2.52. The van der Waals surface area contributed by atoms with Crippen LogP contribution < -0.4 is 0 Å². The Morgan fingerprint density at radius 3 is 2.18 bits per heavy atom. The summed E-state index contributed by atoms with van der Waals surface area (Å²) >= 11 is 0. The Kier molecular flexibility index (Phi) is 6.36. The van der Waals surface area contributed by atoms with Crippen LogP contribution in [0.2, 0.25) is 0 Å². The van der Waals surface area contributed by atoms with Gasteiger partial charge in [-0.05, 0) is 108 Å². The van der Waals surface area contributed by atoms with E-state index in [0.29, 0.717) is 5.92 Å². The minimum atomic E-state index is -1.50. The second kappa shape index (κ2) is 9.55. The minimum absolute atomic E-state index is 0.354. The molecule has 0 fully saturated rings. The molecule has 0 aliphatic heterocycles. The van der Waals surface area contributed by atoms with E-state index in [-0.39, 0.29) is 5.41 Å². The Hall–Kier alpha value is -3.40. The van der Waals surface area contributed by atoms with Crippen molar-refractivity contribution < 1.29 is 14.3 Å². The van der Waals surface area contributed by atoms with Crippen LogP contribution in [0.4, 0.5) is 0 Å². The van der Waals surface area contributed by atoms with Crippen molar-refractivity contribution in [1.29, 1.82) is 0 Å². The SMILES string of the molecule is CCC1(CC)c2c(cc(C)c3c(C)cc(C)cc23)-c2c(ccc3c2C(C)(C)c2c-3oc3ccc(CC(C)C)cc23)C1(O)OC. The molecule has 5 aromatic rings. The molecule has 1 aromatic heterocycles. The molecule has 1 heterocycles. The van der Waals surface area contributed by atoms with Gasteiger partial charge in [0.15, 0.2) is 0 Å². The lowest BCUT2D eigenvalue weighted by atomic mass is 9.58. The van der Waals surface area contributed by atoms with Crippen molar-refractivity contribution in [2.75, 3.05) is 7.11 Å². The maximum Gasteiger partial charge on any atom is 0.202 e. The lowest BCUT2D eigenvalue weighted by molar-refractivity contribution is -0.247. The minimum Gasteiger partial charge on any atom is -0.456 e. The summed E-state index contributed by atoms with van der Waals surface area (Å²) in [6, 6.07) is 18.0. The molecule has 0 saturated carbocycles. The molecule has 0 saturated heterocycles. The molecule has 0 spiro atoms. The first-order chi connectivity index (χ1) is 20.8. The summed E-state index contributed by atoms with van der Waals surface area (Å²) in [5.74, 6) is 0.0367. The van der Waals surface area contributed by atoms with Gasteiger partial charge in [0, 0.05) is 34.6 Å². The van der Waals surface area contributed by atoms with E-state index in [1.54, 1.807) is 7.11 Å². The van der Waals surface area contributed by atoms with E-state index in [4.69, 9.17) is 9.15 Å². The molecule has 0 bridgehead atoms. The van der Waals surface area contributed by atoms with Crippen LogP contribution in [0.5, 0.6) is 0 Å². The Labute approximate surface area is 262 Å². The molecule has 0 amide bonds. The number of rotatable bonds is 5. The third kappa shape index (κ3) is 3.52. The number of ether oxygens (including phenoxy) is 1. The van der Waals surface area contributed by atoms with Crippen LogP contribution in [0.25, 0.3) is 44.2 Å². The first-order valence-electron chi connectivity index (χ1n) is 16.4. The molecule has 228 valence electrons. The van der Waals surface area contributed by atoms with Crippen LogP contribution in [-0.4, -0.2) is 12.2 Å². The summed E-state index contributed by atoms with van der Waals surface area (Å²) in [5.41, 5.74) is 13.1. The highest BCUT2D eigenvalue weighted by atomic mass is 16.6. The zero-order valence-electron chi connectivity index (χ0n) is 28.1. The topological polar surface area (TPSA) is 42.6 Å². The van der Waals surface area contributed by atoms with Crippen molar-refractivity contribution in [2.45, 2.75) is 98.2 Å². The fraction of sp³-hybridized carbons (Fsp3) is 0.415. The third-order valence-electron chi connectivity index (χ3n) is 11.1. The second-order valence-corrected chi connectivity index (χ2v) is 14.5. The van der Waals surface area contributed by atoms with Crippen LogP contribution in [0.15, 0.2) is 52.9 Å². The maximum atomic E-state index is 13.0. The Balaban J connectivity index is 1.63. The summed E-state index contributed by atoms with van der Waals surface area (Å²) in [7, 11) is 1.67. The van der Waals surface area contributed by atoms with Crippen molar-refractivity contribution in [1.82, 2.24) is 0 Å². The fourth-order valence-corrected chi connectivity index (χ4v) is 9.40. The van der Waals surface area contributed by atoms with Gasteiger partial charge in [0.25, 0.3) is 0 Å². The number of furan rings is 1. The van der Waals surface area contributed by atoms with Crippen molar-refractivity contribution in [2.24, 2.45) is 5.92 Å². The first-order valence-corrected chi connectivity index (χ1v) is 16.4. The standard InChI is InChI=1S/C41H46O3/c1-11-40(12-2)35-29-19-23(5)18-24(6)33(29)25(7)20-30(35)34-31(41(40,42)43-10)15-14-27-36(34)39(8,9)37-28-21-26(17-22(3)4)13-16-32(28)44-38(27)37/h13-16,18-22,42H,11-12,17H2,1-10H3. The zero-order chi connectivity index (χ0) is 31.5. The van der Waals surface area contributed by atoms with Crippen LogP contribution in [-0.2, 0) is 27.8 Å². The third-order valence-corrected chi connectivity index (χ3v) is 11.1. The second-order valence-electron chi connectivity index (χ2n) is 14.5. The van der Waals surface area contributed by atoms with Gasteiger partial charge in [0.2, 0.25) is 5.79 Å². The Morgan fingerprint density at radius 1 is 0.818 bits per heavy atom. The fourth-order valence-electron chi connectivity index (χ4n) is 9.40. The first kappa shape index (κ1) is 29.3. The molecule has 3 nitrogen and oxygen atoms in total. The summed E-state index contributed by atoms with van der Waals surface area (Å²) in [5, 5.41) is 16.7. The number of hydrogen-bond donors (Lipinski definition) is 1. The van der Waals surface area contributed by atoms with Gasteiger partial charge in [-0.1, -0.05) is 83.5 Å². The number of aliphatic hydroxyl groups is 1. The van der Waals surface area contributed by atoms with Crippen LogP contribution >= 0.6 is 0 Å². The van der Waals surface area contributed by atoms with Gasteiger partial charge >= 0.3 is 0 Å². The molecule has 4 aromatic carbocycles. The van der Waals surface area contributed by atoms with E-state index in [2.05, 4.69) is 111 Å². The van der Waals surface area contributed by atoms with Crippen molar-refractivity contribution >= 4 is 21.7 Å². The average Bonchev–Trinajstić information content (AvgIpc) is 3.46. The number of fused-ring (bicyclic) bond motifs is 11. The molecule has 1 unspecified atom stereocenters. The van der Waals surface area contributed by atoms with Crippen LogP contribution in [0.3, 0.4) is 0 Å². The summed E-state index contributed by atoms with van der Waals surface area (Å²) in [4.78, 5) is 0.